The molecule has 3 atom stereocenters. The van der Waals surface area contributed by atoms with Gasteiger partial charge in [0.05, 0.1) is 5.41 Å². The highest BCUT2D eigenvalue weighted by Gasteiger charge is 2.58. The molecule has 0 saturated carbocycles. The molecule has 2 aromatic rings. The smallest absolute Gasteiger partial charge is 0.411 e. The van der Waals surface area contributed by atoms with Crippen molar-refractivity contribution in [2.24, 2.45) is 11.7 Å². The summed E-state index contributed by atoms with van der Waals surface area (Å²) in [7, 11) is 0. The van der Waals surface area contributed by atoms with Crippen LogP contribution in [0.15, 0.2) is 67.3 Å². The van der Waals surface area contributed by atoms with Crippen LogP contribution in [0.25, 0.3) is 0 Å². The minimum absolute atomic E-state index is 0.0160. The predicted octanol–water partition coefficient (Wildman–Crippen LogP) is 3.20. The number of carbonyl (C=O) groups is 4. The molecule has 2 aliphatic rings. The zero-order valence-corrected chi connectivity index (χ0v) is 21.8. The number of anilines is 1. The molecule has 0 bridgehead atoms. The maximum Gasteiger partial charge on any atom is 0.411 e. The van der Waals surface area contributed by atoms with E-state index in [0.717, 1.165) is 11.1 Å². The van der Waals surface area contributed by atoms with E-state index in [1.165, 1.54) is 15.9 Å². The van der Waals surface area contributed by atoms with Crippen LogP contribution in [0.3, 0.4) is 0 Å². The fraction of sp³-hybridized carbons (Fsp3) is 0.379. The molecule has 0 aliphatic carbocycles. The van der Waals surface area contributed by atoms with Crippen LogP contribution in [-0.2, 0) is 31.1 Å². The average Bonchev–Trinajstić information content (AvgIpc) is 3.44. The van der Waals surface area contributed by atoms with E-state index in [4.69, 9.17) is 10.5 Å². The Morgan fingerprint density at radius 1 is 1.18 bits per heavy atom. The van der Waals surface area contributed by atoms with E-state index in [2.05, 4.69) is 11.9 Å². The van der Waals surface area contributed by atoms with Crippen LogP contribution >= 0.6 is 0 Å². The van der Waals surface area contributed by atoms with Crippen LogP contribution in [0.1, 0.15) is 37.8 Å². The third-order valence-electron chi connectivity index (χ3n) is 7.22. The fourth-order valence-electron chi connectivity index (χ4n) is 5.39. The van der Waals surface area contributed by atoms with E-state index < -0.39 is 35.4 Å². The number of hydrogen-bond acceptors (Lipinski definition) is 5. The molecule has 1 spiro atoms. The predicted molar refractivity (Wildman–Crippen MR) is 143 cm³/mol. The van der Waals surface area contributed by atoms with Gasteiger partial charge < -0.3 is 20.7 Å². The van der Waals surface area contributed by atoms with Crippen LogP contribution in [-0.4, -0.2) is 58.8 Å². The summed E-state index contributed by atoms with van der Waals surface area (Å²) < 4.78 is 5.56. The topological polar surface area (TPSA) is 122 Å². The molecule has 4 amide bonds. The molecule has 200 valence electrons. The molecule has 9 nitrogen and oxygen atoms in total. The second kappa shape index (κ2) is 11.1. The van der Waals surface area contributed by atoms with Gasteiger partial charge in [-0.15, -0.1) is 6.58 Å². The zero-order chi connectivity index (χ0) is 27.4. The highest BCUT2D eigenvalue weighted by atomic mass is 16.6. The summed E-state index contributed by atoms with van der Waals surface area (Å²) in [6.45, 7) is 7.74. The maximum absolute atomic E-state index is 14.2. The van der Waals surface area contributed by atoms with E-state index in [0.29, 0.717) is 12.1 Å². The summed E-state index contributed by atoms with van der Waals surface area (Å²) in [5.41, 5.74) is 6.88. The number of nitrogens with zero attached hydrogens (tertiary/aromatic N) is 2. The van der Waals surface area contributed by atoms with Gasteiger partial charge in [-0.2, -0.15) is 0 Å². The monoisotopic (exact) mass is 518 g/mol. The van der Waals surface area contributed by atoms with Gasteiger partial charge in [0, 0.05) is 18.8 Å². The van der Waals surface area contributed by atoms with Crippen molar-refractivity contribution < 1.29 is 23.9 Å². The van der Waals surface area contributed by atoms with Crippen molar-refractivity contribution >= 4 is 29.5 Å². The number of hydrogen-bond donors (Lipinski definition) is 2. The number of carbonyl (C=O) groups excluding carboxylic acids is 4. The Kier molecular flexibility index (Phi) is 7.85. The van der Waals surface area contributed by atoms with Gasteiger partial charge in [0.1, 0.15) is 18.7 Å². The molecule has 3 N–H and O–H groups in total. The normalized spacial score (nSPS) is 20.7. The number of primary amides is 1. The third kappa shape index (κ3) is 5.14. The standard InChI is InChI=1S/C29H34N4O5/c1-4-14-32(28(37)38-17-20-10-6-5-7-11-20)23(15-19(2)3)26(35)33-18-29(16-24(33)25(30)34)21-12-8-9-13-22(21)31-27(29)36/h4-13,19,23-24H,1,14-18H2,2-3H3,(H2,30,34)(H,31,36)/t23?,24-,29-/m0/s1. The van der Waals surface area contributed by atoms with Crippen molar-refractivity contribution in [1.82, 2.24) is 9.80 Å². The van der Waals surface area contributed by atoms with Gasteiger partial charge in [0.25, 0.3) is 0 Å². The molecule has 9 heteroatoms. The minimum atomic E-state index is -1.09. The summed E-state index contributed by atoms with van der Waals surface area (Å²) in [5, 5.41) is 2.88. The Balaban J connectivity index is 1.64. The molecule has 38 heavy (non-hydrogen) atoms. The van der Waals surface area contributed by atoms with Crippen LogP contribution in [0.5, 0.6) is 0 Å². The lowest BCUT2D eigenvalue weighted by Gasteiger charge is -2.35. The van der Waals surface area contributed by atoms with Crippen LogP contribution < -0.4 is 11.1 Å². The number of likely N-dealkylation sites (tertiary alicyclic amines) is 1. The first-order valence-corrected chi connectivity index (χ1v) is 12.8. The van der Waals surface area contributed by atoms with Gasteiger partial charge >= 0.3 is 6.09 Å². The van der Waals surface area contributed by atoms with Crippen molar-refractivity contribution in [1.29, 1.82) is 0 Å². The van der Waals surface area contributed by atoms with Gasteiger partial charge in [-0.25, -0.2) is 4.79 Å². The second-order valence-electron chi connectivity index (χ2n) is 10.3. The Labute approximate surface area is 222 Å². The number of nitrogens with one attached hydrogen (secondary N) is 1. The van der Waals surface area contributed by atoms with E-state index in [9.17, 15) is 19.2 Å². The molecular weight excluding hydrogens is 484 g/mol. The highest BCUT2D eigenvalue weighted by Crippen LogP contribution is 2.46. The molecule has 2 aromatic carbocycles. The van der Waals surface area contributed by atoms with E-state index in [1.807, 2.05) is 62.4 Å². The quantitative estimate of drug-likeness (QED) is 0.494. The summed E-state index contributed by atoms with van der Waals surface area (Å²) in [6.07, 6.45) is 1.26. The van der Waals surface area contributed by atoms with Gasteiger partial charge in [-0.05, 0) is 36.0 Å². The first kappa shape index (κ1) is 26.9. The van der Waals surface area contributed by atoms with Crippen molar-refractivity contribution in [3.8, 4) is 0 Å². The Hall–Kier alpha value is -4.14. The number of benzene rings is 2. The number of amides is 4. The van der Waals surface area contributed by atoms with Gasteiger partial charge in [-0.3, -0.25) is 19.3 Å². The Morgan fingerprint density at radius 3 is 2.53 bits per heavy atom. The van der Waals surface area contributed by atoms with E-state index in [-0.39, 0.29) is 37.9 Å². The molecule has 2 aliphatic heterocycles. The molecule has 0 aromatic heterocycles. The first-order chi connectivity index (χ1) is 18.2. The third-order valence-corrected chi connectivity index (χ3v) is 7.22. The van der Waals surface area contributed by atoms with Crippen LogP contribution in [0, 0.1) is 5.92 Å². The van der Waals surface area contributed by atoms with Gasteiger partial charge in [0.2, 0.25) is 17.7 Å². The number of rotatable bonds is 9. The molecule has 2 heterocycles. The lowest BCUT2D eigenvalue weighted by atomic mass is 9.79. The number of ether oxygens (including phenoxy) is 1. The van der Waals surface area contributed by atoms with E-state index in [1.54, 1.807) is 6.07 Å². The van der Waals surface area contributed by atoms with E-state index >= 15 is 0 Å². The number of para-hydroxylation sites is 1. The first-order valence-electron chi connectivity index (χ1n) is 12.8. The average molecular weight is 519 g/mol. The maximum atomic E-state index is 14.2. The van der Waals surface area contributed by atoms with Gasteiger partial charge in [0.15, 0.2) is 0 Å². The molecule has 1 saturated heterocycles. The zero-order valence-electron chi connectivity index (χ0n) is 21.8. The Morgan fingerprint density at radius 2 is 1.87 bits per heavy atom. The van der Waals surface area contributed by atoms with Crippen LogP contribution in [0.4, 0.5) is 10.5 Å². The molecular formula is C29H34N4O5. The highest BCUT2D eigenvalue weighted by molar-refractivity contribution is 6.08. The SMILES string of the molecule is C=CCN(C(=O)OCc1ccccc1)C(CC(C)C)C(=O)N1C[C@]2(C[C@H]1C(N)=O)C(=O)Nc1ccccc12. The summed E-state index contributed by atoms with van der Waals surface area (Å²) in [4.78, 5) is 55.9. The number of fused-ring (bicyclic) bond motifs is 2. The Bertz CT molecular complexity index is 1230. The summed E-state index contributed by atoms with van der Waals surface area (Å²) in [6, 6.07) is 14.6. The van der Waals surface area contributed by atoms with Crippen molar-refractivity contribution in [2.45, 2.75) is 50.8 Å². The molecule has 1 fully saturated rings. The minimum Gasteiger partial charge on any atom is -0.445 e. The molecule has 0 radical (unpaired) electrons. The van der Waals surface area contributed by atoms with Crippen LogP contribution in [0.2, 0.25) is 0 Å². The number of nitrogens with two attached hydrogens (primary N) is 1. The fourth-order valence-corrected chi connectivity index (χ4v) is 5.39. The van der Waals surface area contributed by atoms with Crippen molar-refractivity contribution in [3.63, 3.8) is 0 Å². The largest absolute Gasteiger partial charge is 0.445 e. The van der Waals surface area contributed by atoms with Crippen molar-refractivity contribution in [3.05, 3.63) is 78.4 Å². The molecule has 4 rings (SSSR count). The lowest BCUT2D eigenvalue weighted by Crippen LogP contribution is -2.55. The summed E-state index contributed by atoms with van der Waals surface area (Å²) in [5.74, 6) is -1.38. The van der Waals surface area contributed by atoms with Gasteiger partial charge in [-0.1, -0.05) is 68.5 Å². The lowest BCUT2D eigenvalue weighted by molar-refractivity contribution is -0.142. The van der Waals surface area contributed by atoms with Crippen molar-refractivity contribution in [2.75, 3.05) is 18.4 Å². The summed E-state index contributed by atoms with van der Waals surface area (Å²) >= 11 is 0. The second-order valence-corrected chi connectivity index (χ2v) is 10.3. The molecule has 1 unspecified atom stereocenters.